The Kier molecular flexibility index (Phi) is 6.26. The van der Waals surface area contributed by atoms with Crippen molar-refractivity contribution < 1.29 is 19.2 Å². The lowest BCUT2D eigenvalue weighted by molar-refractivity contribution is -0.136. The minimum absolute atomic E-state index is 0.118. The predicted molar refractivity (Wildman–Crippen MR) is 130 cm³/mol. The third-order valence-corrected chi connectivity index (χ3v) is 7.43. The van der Waals surface area contributed by atoms with Crippen LogP contribution < -0.4 is 10.6 Å². The molecule has 2 fully saturated rings. The third kappa shape index (κ3) is 4.77. The minimum atomic E-state index is -0.641. The number of urea groups is 1. The van der Waals surface area contributed by atoms with Gasteiger partial charge in [0.15, 0.2) is 0 Å². The fourth-order valence-corrected chi connectivity index (χ4v) is 5.37. The molecule has 2 aromatic rings. The number of benzene rings is 1. The maximum atomic E-state index is 13.0. The summed E-state index contributed by atoms with van der Waals surface area (Å²) in [6.07, 6.45) is 2.11. The summed E-state index contributed by atoms with van der Waals surface area (Å²) < 4.78 is 4.18. The molecule has 0 spiro atoms. The van der Waals surface area contributed by atoms with Crippen LogP contribution in [-0.4, -0.2) is 57.1 Å². The van der Waals surface area contributed by atoms with Crippen molar-refractivity contribution in [3.8, 4) is 11.8 Å². The molecule has 0 saturated carbocycles. The van der Waals surface area contributed by atoms with E-state index < -0.39 is 11.9 Å². The molecule has 0 radical (unpaired) electrons. The standard InChI is InChI=1S/C25H25N5O4S/c1-15-13-22(35-28-15)27-25(34)29-11-9-16(10-12-29)5-6-17-3-2-4-18-19(17)14-30(24(18)33)20-7-8-21(31)26-23(20)32/h2-4,13,16,20H,7-12,14H2,1H3,(H,27,34)(H,26,31,32). The molecule has 4 heterocycles. The van der Waals surface area contributed by atoms with Crippen molar-refractivity contribution in [1.82, 2.24) is 19.5 Å². The molecule has 1 aromatic carbocycles. The second kappa shape index (κ2) is 9.50. The Bertz CT molecular complexity index is 1270. The number of anilines is 1. The SMILES string of the molecule is Cc1cc(NC(=O)N2CCC(C#Cc3cccc4c3CN(C3CCC(=O)NC3=O)C4=O)CC2)sn1. The van der Waals surface area contributed by atoms with Crippen molar-refractivity contribution in [1.29, 1.82) is 0 Å². The Morgan fingerprint density at radius 3 is 2.71 bits per heavy atom. The van der Waals surface area contributed by atoms with Crippen molar-refractivity contribution in [2.75, 3.05) is 18.4 Å². The van der Waals surface area contributed by atoms with E-state index in [1.165, 1.54) is 11.5 Å². The highest BCUT2D eigenvalue weighted by Gasteiger charge is 2.39. The molecule has 5 amide bonds. The van der Waals surface area contributed by atoms with Gasteiger partial charge in [0.25, 0.3) is 5.91 Å². The summed E-state index contributed by atoms with van der Waals surface area (Å²) in [5.74, 6) is 5.82. The first-order valence-corrected chi connectivity index (χ1v) is 12.4. The maximum absolute atomic E-state index is 13.0. The minimum Gasteiger partial charge on any atom is -0.324 e. The molecule has 10 heteroatoms. The van der Waals surface area contributed by atoms with Gasteiger partial charge in [0, 0.05) is 43.1 Å². The quantitative estimate of drug-likeness (QED) is 0.495. The first-order valence-electron chi connectivity index (χ1n) is 11.7. The van der Waals surface area contributed by atoms with Gasteiger partial charge in [0.2, 0.25) is 11.8 Å². The van der Waals surface area contributed by atoms with E-state index in [9.17, 15) is 19.2 Å². The topological polar surface area (TPSA) is 112 Å². The number of carbonyl (C=O) groups excluding carboxylic acids is 4. The fraction of sp³-hybridized carbons (Fsp3) is 0.400. The molecule has 0 bridgehead atoms. The largest absolute Gasteiger partial charge is 0.324 e. The van der Waals surface area contributed by atoms with Crippen LogP contribution in [0, 0.1) is 24.7 Å². The lowest BCUT2D eigenvalue weighted by atomic mass is 9.96. The number of carbonyl (C=O) groups is 4. The van der Waals surface area contributed by atoms with Gasteiger partial charge in [-0.15, -0.1) is 0 Å². The van der Waals surface area contributed by atoms with E-state index >= 15 is 0 Å². The highest BCUT2D eigenvalue weighted by molar-refractivity contribution is 7.10. The zero-order chi connectivity index (χ0) is 24.5. The van der Waals surface area contributed by atoms with Crippen LogP contribution in [0.3, 0.4) is 0 Å². The number of likely N-dealkylation sites (tertiary alicyclic amines) is 1. The second-order valence-corrected chi connectivity index (χ2v) is 9.83. The molecule has 1 unspecified atom stereocenters. The van der Waals surface area contributed by atoms with Crippen molar-refractivity contribution in [3.05, 3.63) is 46.6 Å². The van der Waals surface area contributed by atoms with E-state index in [-0.39, 0.29) is 30.2 Å². The number of imide groups is 1. The number of piperidine rings is 2. The highest BCUT2D eigenvalue weighted by atomic mass is 32.1. The van der Waals surface area contributed by atoms with Gasteiger partial charge in [-0.25, -0.2) is 4.79 Å². The van der Waals surface area contributed by atoms with Crippen molar-refractivity contribution >= 4 is 40.3 Å². The van der Waals surface area contributed by atoms with E-state index in [1.54, 1.807) is 15.9 Å². The molecular weight excluding hydrogens is 466 g/mol. The Morgan fingerprint density at radius 1 is 1.20 bits per heavy atom. The smallest absolute Gasteiger partial charge is 0.322 e. The molecule has 35 heavy (non-hydrogen) atoms. The monoisotopic (exact) mass is 491 g/mol. The zero-order valence-corrected chi connectivity index (χ0v) is 20.1. The zero-order valence-electron chi connectivity index (χ0n) is 19.3. The first kappa shape index (κ1) is 23.1. The number of nitrogens with one attached hydrogen (secondary N) is 2. The van der Waals surface area contributed by atoms with Gasteiger partial charge in [0.1, 0.15) is 11.0 Å². The van der Waals surface area contributed by atoms with Gasteiger partial charge in [-0.05, 0) is 61.5 Å². The van der Waals surface area contributed by atoms with E-state index in [0.717, 1.165) is 34.7 Å². The van der Waals surface area contributed by atoms with Crippen LogP contribution in [0.15, 0.2) is 24.3 Å². The van der Waals surface area contributed by atoms with Gasteiger partial charge in [-0.2, -0.15) is 4.37 Å². The maximum Gasteiger partial charge on any atom is 0.322 e. The van der Waals surface area contributed by atoms with Gasteiger partial charge >= 0.3 is 6.03 Å². The van der Waals surface area contributed by atoms with Gasteiger partial charge < -0.3 is 9.80 Å². The van der Waals surface area contributed by atoms with Crippen molar-refractivity contribution in [2.45, 2.75) is 45.2 Å². The van der Waals surface area contributed by atoms with Crippen LogP contribution in [0.25, 0.3) is 0 Å². The number of aromatic nitrogens is 1. The normalized spacial score (nSPS) is 20.3. The van der Waals surface area contributed by atoms with Crippen LogP contribution in [0.4, 0.5) is 9.80 Å². The van der Waals surface area contributed by atoms with E-state index in [0.29, 0.717) is 31.6 Å². The number of hydrogen-bond acceptors (Lipinski definition) is 6. The molecule has 0 aliphatic carbocycles. The summed E-state index contributed by atoms with van der Waals surface area (Å²) >= 11 is 1.27. The van der Waals surface area contributed by atoms with Crippen LogP contribution in [-0.2, 0) is 16.1 Å². The van der Waals surface area contributed by atoms with Gasteiger partial charge in [-0.3, -0.25) is 25.0 Å². The summed E-state index contributed by atoms with van der Waals surface area (Å²) in [6, 6.07) is 6.56. The first-order chi connectivity index (χ1) is 16.9. The molecule has 1 atom stereocenters. The summed E-state index contributed by atoms with van der Waals surface area (Å²) in [5.41, 5.74) is 3.05. The van der Waals surface area contributed by atoms with Crippen molar-refractivity contribution in [3.63, 3.8) is 0 Å². The lowest BCUT2D eigenvalue weighted by Gasteiger charge is -2.29. The summed E-state index contributed by atoms with van der Waals surface area (Å²) in [4.78, 5) is 52.6. The summed E-state index contributed by atoms with van der Waals surface area (Å²) in [5, 5.41) is 5.97. The van der Waals surface area contributed by atoms with E-state index in [1.807, 2.05) is 25.1 Å². The molecule has 3 aliphatic rings. The lowest BCUT2D eigenvalue weighted by Crippen LogP contribution is -2.52. The average Bonchev–Trinajstić information content (AvgIpc) is 3.41. The van der Waals surface area contributed by atoms with E-state index in [4.69, 9.17) is 0 Å². The second-order valence-electron chi connectivity index (χ2n) is 9.02. The Balaban J connectivity index is 1.22. The molecule has 1 aromatic heterocycles. The van der Waals surface area contributed by atoms with Gasteiger partial charge in [-0.1, -0.05) is 17.9 Å². The van der Waals surface area contributed by atoms with Gasteiger partial charge in [0.05, 0.1) is 5.69 Å². The number of hydrogen-bond donors (Lipinski definition) is 2. The number of rotatable bonds is 2. The molecular formula is C25H25N5O4S. The fourth-order valence-electron chi connectivity index (χ4n) is 4.72. The Labute approximate surface area is 207 Å². The molecule has 180 valence electrons. The van der Waals surface area contributed by atoms with Crippen LogP contribution >= 0.6 is 11.5 Å². The average molecular weight is 492 g/mol. The number of amides is 5. The van der Waals surface area contributed by atoms with Crippen LogP contribution in [0.5, 0.6) is 0 Å². The van der Waals surface area contributed by atoms with E-state index in [2.05, 4.69) is 26.8 Å². The van der Waals surface area contributed by atoms with Crippen LogP contribution in [0.2, 0.25) is 0 Å². The molecule has 5 rings (SSSR count). The number of nitrogens with zero attached hydrogens (tertiary/aromatic N) is 3. The van der Waals surface area contributed by atoms with Crippen molar-refractivity contribution in [2.24, 2.45) is 5.92 Å². The molecule has 2 N–H and O–H groups in total. The van der Waals surface area contributed by atoms with Crippen LogP contribution in [0.1, 0.15) is 52.9 Å². The molecule has 2 saturated heterocycles. The summed E-state index contributed by atoms with van der Waals surface area (Å²) in [6.45, 7) is 3.44. The third-order valence-electron chi connectivity index (χ3n) is 6.63. The number of aryl methyl sites for hydroxylation is 1. The highest BCUT2D eigenvalue weighted by Crippen LogP contribution is 2.30. The number of fused-ring (bicyclic) bond motifs is 1. The Hall–Kier alpha value is -3.71. The molecule has 9 nitrogen and oxygen atoms in total. The summed E-state index contributed by atoms with van der Waals surface area (Å²) in [7, 11) is 0. The molecule has 3 aliphatic heterocycles. The predicted octanol–water partition coefficient (Wildman–Crippen LogP) is 2.51. The Morgan fingerprint density at radius 2 is 2.00 bits per heavy atom.